The number of carbonyl (C=O) groups is 1. The minimum Gasteiger partial charge on any atom is -0.465 e. The predicted octanol–water partition coefficient (Wildman–Crippen LogP) is 3.32. The van der Waals surface area contributed by atoms with Crippen molar-refractivity contribution in [2.75, 3.05) is 25.9 Å². The number of nitrogens with zero attached hydrogens (tertiary/aromatic N) is 3. The molecule has 0 unspecified atom stereocenters. The third-order valence-corrected chi connectivity index (χ3v) is 5.77. The Morgan fingerprint density at radius 1 is 1.27 bits per heavy atom. The standard InChI is InChI=1S/C15H17N3O2S2/c1-20-15(19)13-7-10-5-6-11(8-12(10)21-13)18-9-14(16-17-18)22(2,3)4/h5-9H,1-4H3. The topological polar surface area (TPSA) is 57.0 Å². The fourth-order valence-electron chi connectivity index (χ4n) is 2.02. The van der Waals surface area contributed by atoms with Crippen LogP contribution in [0.1, 0.15) is 9.67 Å². The molecule has 22 heavy (non-hydrogen) atoms. The van der Waals surface area contributed by atoms with Crippen LogP contribution in [0.15, 0.2) is 35.5 Å². The summed E-state index contributed by atoms with van der Waals surface area (Å²) >= 11 is 1.42. The van der Waals surface area contributed by atoms with Crippen molar-refractivity contribution in [2.45, 2.75) is 5.03 Å². The molecule has 0 fully saturated rings. The molecule has 0 saturated carbocycles. The SMILES string of the molecule is COC(=O)c1cc2ccc(-n3cc(S(C)(C)C)nn3)cc2s1. The molecule has 2 aromatic heterocycles. The molecule has 0 saturated heterocycles. The summed E-state index contributed by atoms with van der Waals surface area (Å²) in [4.78, 5) is 12.2. The van der Waals surface area contributed by atoms with E-state index < -0.39 is 10.0 Å². The lowest BCUT2D eigenvalue weighted by Crippen LogP contribution is -1.96. The van der Waals surface area contributed by atoms with Gasteiger partial charge in [0.05, 0.1) is 19.0 Å². The zero-order valence-electron chi connectivity index (χ0n) is 12.9. The molecular formula is C15H17N3O2S2. The largest absolute Gasteiger partial charge is 0.465 e. The van der Waals surface area contributed by atoms with Crippen LogP contribution < -0.4 is 0 Å². The highest BCUT2D eigenvalue weighted by molar-refractivity contribution is 8.32. The number of ether oxygens (including phenoxy) is 1. The molecule has 5 nitrogen and oxygen atoms in total. The average molecular weight is 335 g/mol. The van der Waals surface area contributed by atoms with E-state index in [1.165, 1.54) is 18.4 Å². The molecule has 0 bridgehead atoms. The van der Waals surface area contributed by atoms with E-state index in [9.17, 15) is 4.79 Å². The number of hydrogen-bond donors (Lipinski definition) is 0. The molecule has 0 amide bonds. The van der Waals surface area contributed by atoms with Gasteiger partial charge < -0.3 is 4.74 Å². The number of aromatic nitrogens is 3. The van der Waals surface area contributed by atoms with Crippen molar-refractivity contribution in [1.29, 1.82) is 0 Å². The van der Waals surface area contributed by atoms with Crippen LogP contribution in [0, 0.1) is 0 Å². The second kappa shape index (κ2) is 5.40. The Hall–Kier alpha value is -1.86. The van der Waals surface area contributed by atoms with Gasteiger partial charge in [-0.1, -0.05) is 11.3 Å². The van der Waals surface area contributed by atoms with E-state index in [0.717, 1.165) is 20.8 Å². The average Bonchev–Trinajstić information content (AvgIpc) is 3.11. The zero-order chi connectivity index (χ0) is 15.9. The summed E-state index contributed by atoms with van der Waals surface area (Å²) in [6, 6.07) is 7.83. The van der Waals surface area contributed by atoms with Gasteiger partial charge in [0.15, 0.2) is 0 Å². The molecule has 0 aliphatic carbocycles. The molecule has 0 aliphatic heterocycles. The van der Waals surface area contributed by atoms with Crippen molar-refractivity contribution in [3.8, 4) is 5.69 Å². The molecule has 2 heterocycles. The lowest BCUT2D eigenvalue weighted by Gasteiger charge is -2.20. The minimum absolute atomic E-state index is 0.304. The first kappa shape index (κ1) is 15.1. The van der Waals surface area contributed by atoms with Gasteiger partial charge in [-0.05, 0) is 42.4 Å². The quantitative estimate of drug-likeness (QED) is 0.689. The summed E-state index contributed by atoms with van der Waals surface area (Å²) in [6.45, 7) is 0. The summed E-state index contributed by atoms with van der Waals surface area (Å²) in [6.07, 6.45) is 8.54. The van der Waals surface area contributed by atoms with Gasteiger partial charge in [-0.2, -0.15) is 0 Å². The summed E-state index contributed by atoms with van der Waals surface area (Å²) < 4.78 is 7.58. The van der Waals surface area contributed by atoms with E-state index in [4.69, 9.17) is 4.74 Å². The molecule has 3 aromatic rings. The van der Waals surface area contributed by atoms with Gasteiger partial charge in [0, 0.05) is 4.70 Å². The number of benzene rings is 1. The maximum Gasteiger partial charge on any atom is 0.348 e. The Bertz CT molecular complexity index is 846. The number of esters is 1. The Kier molecular flexibility index (Phi) is 3.70. The number of thiophene rings is 1. The number of hydrogen-bond acceptors (Lipinski definition) is 5. The van der Waals surface area contributed by atoms with E-state index in [2.05, 4.69) is 29.1 Å². The first-order valence-electron chi connectivity index (χ1n) is 6.61. The van der Waals surface area contributed by atoms with Gasteiger partial charge in [-0.25, -0.2) is 19.5 Å². The molecule has 0 radical (unpaired) electrons. The van der Waals surface area contributed by atoms with Crippen LogP contribution in [0.2, 0.25) is 0 Å². The highest BCUT2D eigenvalue weighted by Gasteiger charge is 2.14. The van der Waals surface area contributed by atoms with Crippen molar-refractivity contribution in [2.24, 2.45) is 0 Å². The number of fused-ring (bicyclic) bond motifs is 1. The van der Waals surface area contributed by atoms with Gasteiger partial charge in [0.25, 0.3) is 0 Å². The highest BCUT2D eigenvalue weighted by Crippen LogP contribution is 2.43. The maximum absolute atomic E-state index is 11.6. The lowest BCUT2D eigenvalue weighted by atomic mass is 10.2. The number of rotatable bonds is 3. The fourth-order valence-corrected chi connectivity index (χ4v) is 3.73. The summed E-state index contributed by atoms with van der Waals surface area (Å²) in [7, 11) is 0.497. The smallest absolute Gasteiger partial charge is 0.348 e. The highest BCUT2D eigenvalue weighted by atomic mass is 32.3. The lowest BCUT2D eigenvalue weighted by molar-refractivity contribution is 0.0606. The van der Waals surface area contributed by atoms with Gasteiger partial charge >= 0.3 is 5.97 Å². The monoisotopic (exact) mass is 335 g/mol. The molecule has 116 valence electrons. The Balaban J connectivity index is 2.01. The first-order chi connectivity index (χ1) is 10.4. The van der Waals surface area contributed by atoms with E-state index >= 15 is 0 Å². The van der Waals surface area contributed by atoms with Gasteiger partial charge in [-0.15, -0.1) is 16.4 Å². The minimum atomic E-state index is -0.896. The third kappa shape index (κ3) is 2.74. The molecule has 3 rings (SSSR count). The molecule has 0 spiro atoms. The summed E-state index contributed by atoms with van der Waals surface area (Å²) in [5, 5.41) is 10.5. The molecule has 0 N–H and O–H groups in total. The molecule has 7 heteroatoms. The third-order valence-electron chi connectivity index (χ3n) is 3.25. The van der Waals surface area contributed by atoms with E-state index in [-0.39, 0.29) is 5.97 Å². The van der Waals surface area contributed by atoms with E-state index in [1.807, 2.05) is 30.5 Å². The van der Waals surface area contributed by atoms with Crippen LogP contribution in [-0.2, 0) is 4.74 Å². The maximum atomic E-state index is 11.6. The van der Waals surface area contributed by atoms with Crippen molar-refractivity contribution >= 4 is 37.4 Å². The first-order valence-corrected chi connectivity index (χ1v) is 10.3. The number of methoxy groups -OCH3 is 1. The van der Waals surface area contributed by atoms with Crippen LogP contribution in [0.25, 0.3) is 15.8 Å². The second-order valence-electron chi connectivity index (χ2n) is 5.66. The second-order valence-corrected chi connectivity index (χ2v) is 10.8. The molecule has 1 aromatic carbocycles. The van der Waals surface area contributed by atoms with Crippen LogP contribution >= 0.6 is 21.4 Å². The van der Waals surface area contributed by atoms with Crippen molar-refractivity contribution in [3.05, 3.63) is 35.3 Å². The van der Waals surface area contributed by atoms with Crippen LogP contribution in [-0.4, -0.2) is 46.8 Å². The zero-order valence-corrected chi connectivity index (χ0v) is 14.5. The Morgan fingerprint density at radius 3 is 2.68 bits per heavy atom. The van der Waals surface area contributed by atoms with Gasteiger partial charge in [-0.3, -0.25) is 0 Å². The van der Waals surface area contributed by atoms with Crippen LogP contribution in [0.3, 0.4) is 0 Å². The van der Waals surface area contributed by atoms with Crippen molar-refractivity contribution < 1.29 is 9.53 Å². The Labute approximate surface area is 134 Å². The molecule has 0 aliphatic rings. The fraction of sp³-hybridized carbons (Fsp3) is 0.267. The normalized spacial score (nSPS) is 12.5. The van der Waals surface area contributed by atoms with E-state index in [0.29, 0.717) is 4.88 Å². The van der Waals surface area contributed by atoms with Crippen LogP contribution in [0.4, 0.5) is 0 Å². The summed E-state index contributed by atoms with van der Waals surface area (Å²) in [5.41, 5.74) is 0.938. The summed E-state index contributed by atoms with van der Waals surface area (Å²) in [5.74, 6) is -0.304. The van der Waals surface area contributed by atoms with E-state index in [1.54, 1.807) is 4.68 Å². The van der Waals surface area contributed by atoms with Crippen molar-refractivity contribution in [3.63, 3.8) is 0 Å². The molecule has 0 atom stereocenters. The molecular weight excluding hydrogens is 318 g/mol. The van der Waals surface area contributed by atoms with Gasteiger partial charge in [0.1, 0.15) is 9.90 Å². The van der Waals surface area contributed by atoms with Crippen molar-refractivity contribution in [1.82, 2.24) is 15.0 Å². The number of carbonyl (C=O) groups excluding carboxylic acids is 1. The van der Waals surface area contributed by atoms with Gasteiger partial charge in [0.2, 0.25) is 0 Å². The van der Waals surface area contributed by atoms with Crippen LogP contribution in [0.5, 0.6) is 0 Å². The Morgan fingerprint density at radius 2 is 2.05 bits per heavy atom. The predicted molar refractivity (Wildman–Crippen MR) is 91.7 cm³/mol.